The van der Waals surface area contributed by atoms with Gasteiger partial charge in [0.05, 0.1) is 6.07 Å². The van der Waals surface area contributed by atoms with Gasteiger partial charge in [0.15, 0.2) is 0 Å². The molecule has 0 amide bonds. The highest BCUT2D eigenvalue weighted by Gasteiger charge is 2.10. The summed E-state index contributed by atoms with van der Waals surface area (Å²) < 4.78 is 4.89. The maximum Gasteiger partial charge on any atom is 0.241 e. The zero-order valence-electron chi connectivity index (χ0n) is 8.14. The second-order valence-electron chi connectivity index (χ2n) is 3.02. The Morgan fingerprint density at radius 3 is 3.13 bits per heavy atom. The predicted octanol–water partition coefficient (Wildman–Crippen LogP) is 1.51. The second-order valence-corrected chi connectivity index (χ2v) is 3.02. The number of hydrogen-bond donors (Lipinski definition) is 0. The van der Waals surface area contributed by atoms with Crippen LogP contribution in [-0.2, 0) is 6.42 Å². The molecule has 0 aliphatic heterocycles. The zero-order chi connectivity index (χ0) is 10.7. The van der Waals surface area contributed by atoms with Crippen LogP contribution in [0.1, 0.15) is 11.5 Å². The van der Waals surface area contributed by atoms with Crippen LogP contribution in [0.5, 0.6) is 0 Å². The molecule has 0 radical (unpaired) electrons. The third kappa shape index (κ3) is 1.83. The molecule has 0 saturated carbocycles. The quantitative estimate of drug-likeness (QED) is 0.734. The SMILES string of the molecule is Cc1cccnc1-c1noc(CC#N)n1. The van der Waals surface area contributed by atoms with Crippen molar-refractivity contribution in [2.24, 2.45) is 0 Å². The molecule has 5 heteroatoms. The van der Waals surface area contributed by atoms with E-state index in [2.05, 4.69) is 15.1 Å². The van der Waals surface area contributed by atoms with Gasteiger partial charge in [0.25, 0.3) is 0 Å². The molecule has 2 aromatic heterocycles. The first-order chi connectivity index (χ1) is 7.31. The molecule has 0 fully saturated rings. The molecule has 0 spiro atoms. The van der Waals surface area contributed by atoms with Gasteiger partial charge in [-0.25, -0.2) is 0 Å². The predicted molar refractivity (Wildman–Crippen MR) is 51.6 cm³/mol. The van der Waals surface area contributed by atoms with Crippen molar-refractivity contribution in [3.63, 3.8) is 0 Å². The third-order valence-electron chi connectivity index (χ3n) is 1.92. The van der Waals surface area contributed by atoms with E-state index in [9.17, 15) is 0 Å². The summed E-state index contributed by atoms with van der Waals surface area (Å²) in [5.41, 5.74) is 1.66. The number of hydrogen-bond acceptors (Lipinski definition) is 5. The summed E-state index contributed by atoms with van der Waals surface area (Å²) in [5.74, 6) is 0.746. The van der Waals surface area contributed by atoms with Crippen molar-refractivity contribution in [1.29, 1.82) is 5.26 Å². The maximum absolute atomic E-state index is 8.46. The van der Waals surface area contributed by atoms with Crippen molar-refractivity contribution in [2.45, 2.75) is 13.3 Å². The monoisotopic (exact) mass is 200 g/mol. The smallest absolute Gasteiger partial charge is 0.241 e. The summed E-state index contributed by atoms with van der Waals surface area (Å²) in [7, 11) is 0. The van der Waals surface area contributed by atoms with Crippen LogP contribution in [-0.4, -0.2) is 15.1 Å². The van der Waals surface area contributed by atoms with Crippen LogP contribution in [0.3, 0.4) is 0 Å². The lowest BCUT2D eigenvalue weighted by Gasteiger charge is -1.96. The van der Waals surface area contributed by atoms with Crippen molar-refractivity contribution in [1.82, 2.24) is 15.1 Å². The molecule has 0 aliphatic rings. The van der Waals surface area contributed by atoms with E-state index >= 15 is 0 Å². The van der Waals surface area contributed by atoms with E-state index in [0.29, 0.717) is 17.4 Å². The van der Waals surface area contributed by atoms with Crippen molar-refractivity contribution in [3.8, 4) is 17.6 Å². The summed E-state index contributed by atoms with van der Waals surface area (Å²) in [6.45, 7) is 1.92. The summed E-state index contributed by atoms with van der Waals surface area (Å²) in [5, 5.41) is 12.2. The maximum atomic E-state index is 8.46. The number of rotatable bonds is 2. The lowest BCUT2D eigenvalue weighted by molar-refractivity contribution is 0.387. The van der Waals surface area contributed by atoms with Crippen molar-refractivity contribution < 1.29 is 4.52 Å². The number of nitriles is 1. The highest BCUT2D eigenvalue weighted by molar-refractivity contribution is 5.53. The Bertz CT molecular complexity index is 512. The van der Waals surface area contributed by atoms with Crippen LogP contribution in [0.15, 0.2) is 22.9 Å². The summed E-state index contributed by atoms with van der Waals surface area (Å²) >= 11 is 0. The Morgan fingerprint density at radius 2 is 2.40 bits per heavy atom. The first-order valence-corrected chi connectivity index (χ1v) is 4.43. The number of aromatic nitrogens is 3. The van der Waals surface area contributed by atoms with Gasteiger partial charge in [-0.1, -0.05) is 11.2 Å². The van der Waals surface area contributed by atoms with E-state index in [1.54, 1.807) is 6.20 Å². The summed E-state index contributed by atoms with van der Waals surface area (Å²) in [4.78, 5) is 8.22. The Balaban J connectivity index is 2.38. The average molecular weight is 200 g/mol. The molecule has 0 unspecified atom stereocenters. The Hall–Kier alpha value is -2.22. The van der Waals surface area contributed by atoms with Gasteiger partial charge in [0.2, 0.25) is 11.7 Å². The molecule has 0 N–H and O–H groups in total. The van der Waals surface area contributed by atoms with E-state index in [1.165, 1.54) is 0 Å². The van der Waals surface area contributed by atoms with Crippen LogP contribution in [0.25, 0.3) is 11.5 Å². The Morgan fingerprint density at radius 1 is 1.53 bits per heavy atom. The van der Waals surface area contributed by atoms with E-state index in [1.807, 2.05) is 25.1 Å². The minimum absolute atomic E-state index is 0.124. The van der Waals surface area contributed by atoms with E-state index < -0.39 is 0 Å². The number of aryl methyl sites for hydroxylation is 1. The fourth-order valence-electron chi connectivity index (χ4n) is 1.21. The molecule has 0 atom stereocenters. The van der Waals surface area contributed by atoms with Crippen LogP contribution < -0.4 is 0 Å². The molecule has 0 saturated heterocycles. The Kier molecular flexibility index (Phi) is 2.42. The zero-order valence-corrected chi connectivity index (χ0v) is 8.14. The second kappa shape index (κ2) is 3.88. The first kappa shape index (κ1) is 9.34. The number of nitrogens with zero attached hydrogens (tertiary/aromatic N) is 4. The van der Waals surface area contributed by atoms with Gasteiger partial charge in [0, 0.05) is 6.20 Å². The molecular weight excluding hydrogens is 192 g/mol. The molecule has 0 bridgehead atoms. The van der Waals surface area contributed by atoms with Crippen LogP contribution in [0, 0.1) is 18.3 Å². The molecular formula is C10H8N4O. The standard InChI is InChI=1S/C10H8N4O/c1-7-3-2-6-12-9(7)10-13-8(4-5-11)15-14-10/h2-3,6H,4H2,1H3. The third-order valence-corrected chi connectivity index (χ3v) is 1.92. The van der Waals surface area contributed by atoms with E-state index in [-0.39, 0.29) is 6.42 Å². The highest BCUT2D eigenvalue weighted by Crippen LogP contribution is 2.16. The first-order valence-electron chi connectivity index (χ1n) is 4.43. The lowest BCUT2D eigenvalue weighted by Crippen LogP contribution is -1.89. The molecule has 0 aliphatic carbocycles. The largest absolute Gasteiger partial charge is 0.338 e. The normalized spacial score (nSPS) is 9.87. The molecule has 2 rings (SSSR count). The molecule has 2 heterocycles. The molecule has 2 aromatic rings. The van der Waals surface area contributed by atoms with Crippen molar-refractivity contribution in [3.05, 3.63) is 29.8 Å². The van der Waals surface area contributed by atoms with Gasteiger partial charge in [-0.05, 0) is 18.6 Å². The van der Waals surface area contributed by atoms with Crippen molar-refractivity contribution in [2.75, 3.05) is 0 Å². The van der Waals surface area contributed by atoms with Gasteiger partial charge in [-0.2, -0.15) is 10.2 Å². The topological polar surface area (TPSA) is 75.6 Å². The van der Waals surface area contributed by atoms with Gasteiger partial charge in [-0.15, -0.1) is 0 Å². The van der Waals surface area contributed by atoms with E-state index in [0.717, 1.165) is 5.56 Å². The van der Waals surface area contributed by atoms with Gasteiger partial charge < -0.3 is 4.52 Å². The minimum atomic E-state index is 0.124. The lowest BCUT2D eigenvalue weighted by atomic mass is 10.2. The highest BCUT2D eigenvalue weighted by atomic mass is 16.5. The van der Waals surface area contributed by atoms with Crippen LogP contribution in [0.4, 0.5) is 0 Å². The molecule has 0 aromatic carbocycles. The molecule has 74 valence electrons. The van der Waals surface area contributed by atoms with E-state index in [4.69, 9.17) is 9.78 Å². The number of pyridine rings is 1. The van der Waals surface area contributed by atoms with Crippen LogP contribution in [0.2, 0.25) is 0 Å². The summed E-state index contributed by atoms with van der Waals surface area (Å²) in [6, 6.07) is 5.71. The molecule has 15 heavy (non-hydrogen) atoms. The fraction of sp³-hybridized carbons (Fsp3) is 0.200. The fourth-order valence-corrected chi connectivity index (χ4v) is 1.21. The molecule has 5 nitrogen and oxygen atoms in total. The Labute approximate surface area is 86.4 Å². The van der Waals surface area contributed by atoms with Crippen molar-refractivity contribution >= 4 is 0 Å². The van der Waals surface area contributed by atoms with Gasteiger partial charge in [0.1, 0.15) is 12.1 Å². The van der Waals surface area contributed by atoms with Crippen LogP contribution >= 0.6 is 0 Å². The van der Waals surface area contributed by atoms with Gasteiger partial charge in [-0.3, -0.25) is 4.98 Å². The van der Waals surface area contributed by atoms with Gasteiger partial charge >= 0.3 is 0 Å². The average Bonchev–Trinajstić information content (AvgIpc) is 2.68. The summed E-state index contributed by atoms with van der Waals surface area (Å²) in [6.07, 6.45) is 1.79. The minimum Gasteiger partial charge on any atom is -0.338 e.